The van der Waals surface area contributed by atoms with E-state index in [1.54, 1.807) is 45.6 Å². The van der Waals surface area contributed by atoms with Gasteiger partial charge in [0.1, 0.15) is 11.5 Å². The van der Waals surface area contributed by atoms with E-state index in [0.717, 1.165) is 37.2 Å². The molecule has 1 fully saturated rings. The van der Waals surface area contributed by atoms with Crippen molar-refractivity contribution in [3.8, 4) is 28.7 Å². The highest BCUT2D eigenvalue weighted by Crippen LogP contribution is 2.46. The molecule has 0 bridgehead atoms. The Kier molecular flexibility index (Phi) is 4.98. The molecule has 3 aliphatic heterocycles. The fourth-order valence-electron chi connectivity index (χ4n) is 4.46. The number of allylic oxidation sites excluding steroid dienone is 1. The molecule has 3 aliphatic rings. The van der Waals surface area contributed by atoms with E-state index >= 15 is 0 Å². The van der Waals surface area contributed by atoms with Crippen LogP contribution in [0.5, 0.6) is 28.7 Å². The molecule has 162 valence electrons. The molecular formula is C24H24O7. The molecule has 0 spiro atoms. The van der Waals surface area contributed by atoms with Crippen LogP contribution in [-0.4, -0.2) is 40.0 Å². The van der Waals surface area contributed by atoms with Gasteiger partial charge in [0.25, 0.3) is 0 Å². The Bertz CT molecular complexity index is 1050. The van der Waals surface area contributed by atoms with Gasteiger partial charge >= 0.3 is 0 Å². The molecule has 2 aromatic rings. The second kappa shape index (κ2) is 7.81. The summed E-state index contributed by atoms with van der Waals surface area (Å²) in [5.74, 6) is 3.18. The minimum Gasteiger partial charge on any atom is -0.493 e. The van der Waals surface area contributed by atoms with Crippen molar-refractivity contribution in [2.45, 2.75) is 25.6 Å². The van der Waals surface area contributed by atoms with Crippen LogP contribution in [0.1, 0.15) is 34.3 Å². The third-order valence-electron chi connectivity index (χ3n) is 5.98. The largest absolute Gasteiger partial charge is 0.493 e. The number of Topliss-reactive ketones (excluding diaryl/α,β-unsaturated/α-hetero) is 1. The Morgan fingerprint density at radius 1 is 1.06 bits per heavy atom. The van der Waals surface area contributed by atoms with Crippen LogP contribution in [0.15, 0.2) is 30.0 Å². The molecule has 3 heterocycles. The van der Waals surface area contributed by atoms with Crippen molar-refractivity contribution < 1.29 is 33.2 Å². The lowest BCUT2D eigenvalue weighted by Gasteiger charge is -2.36. The molecule has 0 aromatic heterocycles. The predicted molar refractivity (Wildman–Crippen MR) is 112 cm³/mol. The zero-order valence-electron chi connectivity index (χ0n) is 17.7. The summed E-state index contributed by atoms with van der Waals surface area (Å²) < 4.78 is 34.1. The fraction of sp³-hybridized carbons (Fsp3) is 0.375. The number of benzene rings is 2. The Hall–Kier alpha value is -3.19. The van der Waals surface area contributed by atoms with Gasteiger partial charge in [-0.2, -0.15) is 0 Å². The van der Waals surface area contributed by atoms with Crippen molar-refractivity contribution in [1.29, 1.82) is 0 Å². The highest BCUT2D eigenvalue weighted by molar-refractivity contribution is 6.15. The lowest BCUT2D eigenvalue weighted by atomic mass is 9.88. The summed E-state index contributed by atoms with van der Waals surface area (Å²) in [6.07, 6.45) is 4.30. The van der Waals surface area contributed by atoms with E-state index in [0.29, 0.717) is 34.1 Å². The SMILES string of the molecule is COc1cc(/C=C2\Oc3c(ccc4c3CC3CCCOC3O4)C2=O)cc(OC)c1OC. The van der Waals surface area contributed by atoms with Crippen molar-refractivity contribution >= 4 is 11.9 Å². The van der Waals surface area contributed by atoms with Crippen LogP contribution in [-0.2, 0) is 11.2 Å². The van der Waals surface area contributed by atoms with Crippen LogP contribution in [0.2, 0.25) is 0 Å². The minimum atomic E-state index is -0.217. The van der Waals surface area contributed by atoms with Gasteiger partial charge < -0.3 is 28.4 Å². The van der Waals surface area contributed by atoms with Crippen LogP contribution in [0, 0.1) is 5.92 Å². The third kappa shape index (κ3) is 3.29. The maximum Gasteiger partial charge on any atom is 0.231 e. The van der Waals surface area contributed by atoms with Gasteiger partial charge in [-0.25, -0.2) is 0 Å². The highest BCUT2D eigenvalue weighted by Gasteiger charge is 2.39. The maximum absolute atomic E-state index is 13.1. The van der Waals surface area contributed by atoms with Crippen LogP contribution >= 0.6 is 0 Å². The van der Waals surface area contributed by atoms with Crippen molar-refractivity contribution in [2.75, 3.05) is 27.9 Å². The van der Waals surface area contributed by atoms with Gasteiger partial charge in [0, 0.05) is 11.5 Å². The molecule has 0 saturated carbocycles. The molecule has 0 radical (unpaired) electrons. The normalized spacial score (nSPS) is 22.7. The monoisotopic (exact) mass is 424 g/mol. The zero-order chi connectivity index (χ0) is 21.5. The van der Waals surface area contributed by atoms with Crippen molar-refractivity contribution in [2.24, 2.45) is 5.92 Å². The molecule has 2 aromatic carbocycles. The Labute approximate surface area is 180 Å². The van der Waals surface area contributed by atoms with E-state index in [1.165, 1.54) is 0 Å². The summed E-state index contributed by atoms with van der Waals surface area (Å²) >= 11 is 0. The summed E-state index contributed by atoms with van der Waals surface area (Å²) in [6.45, 7) is 0.720. The average molecular weight is 424 g/mol. The number of methoxy groups -OCH3 is 3. The molecule has 2 unspecified atom stereocenters. The Morgan fingerprint density at radius 2 is 1.84 bits per heavy atom. The minimum absolute atomic E-state index is 0.159. The smallest absolute Gasteiger partial charge is 0.231 e. The van der Waals surface area contributed by atoms with Crippen LogP contribution < -0.4 is 23.7 Å². The van der Waals surface area contributed by atoms with Gasteiger partial charge in [-0.15, -0.1) is 0 Å². The van der Waals surface area contributed by atoms with Crippen LogP contribution in [0.3, 0.4) is 0 Å². The second-order valence-corrected chi connectivity index (χ2v) is 7.78. The summed E-state index contributed by atoms with van der Waals surface area (Å²) in [6, 6.07) is 7.15. The fourth-order valence-corrected chi connectivity index (χ4v) is 4.46. The number of fused-ring (bicyclic) bond motifs is 4. The van der Waals surface area contributed by atoms with Gasteiger partial charge in [-0.05, 0) is 55.2 Å². The lowest BCUT2D eigenvalue weighted by Crippen LogP contribution is -2.38. The molecule has 5 rings (SSSR count). The lowest BCUT2D eigenvalue weighted by molar-refractivity contribution is -0.149. The Balaban J connectivity index is 1.50. The molecule has 7 heteroatoms. The van der Waals surface area contributed by atoms with E-state index in [4.69, 9.17) is 28.4 Å². The van der Waals surface area contributed by atoms with Gasteiger partial charge in [-0.1, -0.05) is 0 Å². The topological polar surface area (TPSA) is 72.5 Å². The first kappa shape index (κ1) is 19.8. The van der Waals surface area contributed by atoms with E-state index in [9.17, 15) is 4.79 Å². The molecule has 0 aliphatic carbocycles. The number of rotatable bonds is 4. The summed E-state index contributed by atoms with van der Waals surface area (Å²) in [5, 5.41) is 0. The van der Waals surface area contributed by atoms with Crippen molar-refractivity contribution in [1.82, 2.24) is 0 Å². The Morgan fingerprint density at radius 3 is 2.55 bits per heavy atom. The van der Waals surface area contributed by atoms with E-state index in [-0.39, 0.29) is 23.8 Å². The number of ether oxygens (including phenoxy) is 6. The second-order valence-electron chi connectivity index (χ2n) is 7.78. The standard InChI is InChI=1S/C24H24O7/c1-26-19-10-13(11-20(27-2)23(19)28-3)9-18-21(25)15-6-7-17-16(22(15)30-18)12-14-5-4-8-29-24(14)31-17/h6-7,9-11,14,24H,4-5,8,12H2,1-3H3/b18-9-. The van der Waals surface area contributed by atoms with Crippen molar-refractivity contribution in [3.63, 3.8) is 0 Å². The van der Waals surface area contributed by atoms with Crippen LogP contribution in [0.25, 0.3) is 6.08 Å². The summed E-state index contributed by atoms with van der Waals surface area (Å²) in [7, 11) is 4.65. The zero-order valence-corrected chi connectivity index (χ0v) is 17.7. The summed E-state index contributed by atoms with van der Waals surface area (Å²) in [5.41, 5.74) is 2.19. The number of carbonyl (C=O) groups is 1. The third-order valence-corrected chi connectivity index (χ3v) is 5.98. The molecule has 0 N–H and O–H groups in total. The van der Waals surface area contributed by atoms with Gasteiger partial charge in [0.15, 0.2) is 17.3 Å². The molecule has 0 amide bonds. The van der Waals surface area contributed by atoms with E-state index in [1.807, 2.05) is 6.07 Å². The van der Waals surface area contributed by atoms with Gasteiger partial charge in [0.2, 0.25) is 17.8 Å². The first-order valence-corrected chi connectivity index (χ1v) is 10.3. The van der Waals surface area contributed by atoms with E-state index < -0.39 is 0 Å². The van der Waals surface area contributed by atoms with Crippen LogP contribution in [0.4, 0.5) is 0 Å². The van der Waals surface area contributed by atoms with Gasteiger partial charge in [-0.3, -0.25) is 4.79 Å². The maximum atomic E-state index is 13.1. The molecular weight excluding hydrogens is 400 g/mol. The highest BCUT2D eigenvalue weighted by atomic mass is 16.7. The summed E-state index contributed by atoms with van der Waals surface area (Å²) in [4.78, 5) is 13.1. The molecule has 1 saturated heterocycles. The number of carbonyl (C=O) groups excluding carboxylic acids is 1. The number of ketones is 1. The molecule has 31 heavy (non-hydrogen) atoms. The van der Waals surface area contributed by atoms with E-state index in [2.05, 4.69) is 0 Å². The predicted octanol–water partition coefficient (Wildman–Crippen LogP) is 4.02. The first-order valence-electron chi connectivity index (χ1n) is 10.3. The molecule has 2 atom stereocenters. The average Bonchev–Trinajstić information content (AvgIpc) is 3.12. The first-order chi connectivity index (χ1) is 15.1. The van der Waals surface area contributed by atoms with Crippen molar-refractivity contribution in [3.05, 3.63) is 46.7 Å². The van der Waals surface area contributed by atoms with Gasteiger partial charge in [0.05, 0.1) is 33.5 Å². The molecule has 7 nitrogen and oxygen atoms in total. The number of hydrogen-bond acceptors (Lipinski definition) is 7. The number of hydrogen-bond donors (Lipinski definition) is 0. The quantitative estimate of drug-likeness (QED) is 0.687.